The summed E-state index contributed by atoms with van der Waals surface area (Å²) in [6.07, 6.45) is 5.05. The second-order valence-electron chi connectivity index (χ2n) is 9.93. The highest BCUT2D eigenvalue weighted by Crippen LogP contribution is 2.28. The van der Waals surface area contributed by atoms with Gasteiger partial charge in [-0.15, -0.1) is 0 Å². The molecule has 8 nitrogen and oxygen atoms in total. The maximum Gasteiger partial charge on any atom is 0.229 e. The molecule has 2 heterocycles. The summed E-state index contributed by atoms with van der Waals surface area (Å²) in [4.78, 5) is 14.1. The van der Waals surface area contributed by atoms with Crippen LogP contribution in [0.4, 0.5) is 33.2 Å². The van der Waals surface area contributed by atoms with Gasteiger partial charge in [-0.1, -0.05) is 12.5 Å². The third kappa shape index (κ3) is 6.08. The fraction of sp³-hybridized carbons (Fsp3) is 0.407. The number of anilines is 5. The lowest BCUT2D eigenvalue weighted by molar-refractivity contribution is 0.311. The first kappa shape index (κ1) is 25.6. The Bertz CT molecular complexity index is 1290. The largest absolute Gasteiger partial charge is 0.367 e. The Morgan fingerprint density at radius 2 is 1.70 bits per heavy atom. The van der Waals surface area contributed by atoms with Crippen LogP contribution in [0.2, 0.25) is 0 Å². The summed E-state index contributed by atoms with van der Waals surface area (Å²) in [7, 11) is 0.818. The molecular formula is C27H34FN7OS. The number of aryl methyl sites for hydroxylation is 2. The Morgan fingerprint density at radius 3 is 2.41 bits per heavy atom. The monoisotopic (exact) mass is 523 g/mol. The third-order valence-corrected chi connectivity index (χ3v) is 8.44. The fourth-order valence-electron chi connectivity index (χ4n) is 4.40. The minimum atomic E-state index is -1.26. The van der Waals surface area contributed by atoms with Crippen LogP contribution in [0.3, 0.4) is 0 Å². The van der Waals surface area contributed by atoms with Crippen molar-refractivity contribution in [3.05, 3.63) is 59.5 Å². The molecule has 3 aromatic rings. The van der Waals surface area contributed by atoms with Crippen LogP contribution in [0.15, 0.2) is 47.5 Å². The average Bonchev–Trinajstić information content (AvgIpc) is 2.85. The van der Waals surface area contributed by atoms with E-state index in [4.69, 9.17) is 0 Å². The van der Waals surface area contributed by atoms with Gasteiger partial charge in [0, 0.05) is 55.4 Å². The van der Waals surface area contributed by atoms with Crippen molar-refractivity contribution in [1.29, 1.82) is 0 Å². The first-order chi connectivity index (χ1) is 17.9. The van der Waals surface area contributed by atoms with Crippen LogP contribution in [-0.4, -0.2) is 58.3 Å². The topological polar surface area (TPSA) is 85.4 Å². The average molecular weight is 524 g/mol. The second kappa shape index (κ2) is 11.1. The van der Waals surface area contributed by atoms with Gasteiger partial charge in [0.05, 0.1) is 10.6 Å². The predicted molar refractivity (Wildman–Crippen MR) is 148 cm³/mol. The lowest BCUT2D eigenvalue weighted by atomic mass is 9.94. The van der Waals surface area contributed by atoms with E-state index < -0.39 is 11.0 Å². The molecule has 2 fully saturated rings. The van der Waals surface area contributed by atoms with Crippen molar-refractivity contribution < 1.29 is 8.60 Å². The molecule has 196 valence electrons. The molecule has 1 aliphatic heterocycles. The molecule has 1 aliphatic carbocycles. The van der Waals surface area contributed by atoms with Crippen LogP contribution in [-0.2, 0) is 11.0 Å². The zero-order valence-corrected chi connectivity index (χ0v) is 22.4. The van der Waals surface area contributed by atoms with Gasteiger partial charge in [-0.25, -0.2) is 18.3 Å². The number of nitrogens with zero attached hydrogens (tertiary/aromatic N) is 4. The van der Waals surface area contributed by atoms with Gasteiger partial charge < -0.3 is 20.4 Å². The van der Waals surface area contributed by atoms with Gasteiger partial charge in [-0.3, -0.25) is 0 Å². The summed E-state index contributed by atoms with van der Waals surface area (Å²) in [5, 5.41) is 6.45. The van der Waals surface area contributed by atoms with Crippen molar-refractivity contribution in [2.45, 2.75) is 44.0 Å². The Kier molecular flexibility index (Phi) is 7.68. The van der Waals surface area contributed by atoms with Gasteiger partial charge in [0.2, 0.25) is 5.95 Å². The molecule has 3 N–H and O–H groups in total. The van der Waals surface area contributed by atoms with Crippen molar-refractivity contribution in [1.82, 2.24) is 19.6 Å². The number of nitrogens with one attached hydrogen (secondary N) is 3. The molecular weight excluding hydrogens is 489 g/mol. The van der Waals surface area contributed by atoms with Gasteiger partial charge in [-0.05, 0) is 69.6 Å². The van der Waals surface area contributed by atoms with Gasteiger partial charge in [0.15, 0.2) is 0 Å². The van der Waals surface area contributed by atoms with Crippen molar-refractivity contribution >= 4 is 39.8 Å². The number of likely N-dealkylation sites (N-methyl/N-ethyl adjacent to an activating group) is 1. The standard InChI is InChI=1S/C27H34FN7OS/c1-18-7-8-22(16-25(18)37(36)33-20-5-4-6-20)30-26-19(2)17-29-27(32-26)31-21-9-10-24(23(28)15-21)35-13-11-34(3)12-14-35/h7-10,15-17,20,33H,4-6,11-14H2,1-3H3,(H2,29,30,31,32). The number of benzene rings is 2. The Labute approximate surface area is 220 Å². The lowest BCUT2D eigenvalue weighted by Gasteiger charge is -2.34. The van der Waals surface area contributed by atoms with E-state index in [-0.39, 0.29) is 5.82 Å². The van der Waals surface area contributed by atoms with E-state index >= 15 is 0 Å². The number of aromatic nitrogens is 2. The SMILES string of the molecule is Cc1ccc(Nc2nc(Nc3ccc(N4CCN(C)CC4)c(F)c3)ncc2C)cc1S(=O)NC1CCC1. The zero-order chi connectivity index (χ0) is 25.9. The maximum absolute atomic E-state index is 14.9. The molecule has 0 bridgehead atoms. The van der Waals surface area contributed by atoms with Crippen LogP contribution in [0.1, 0.15) is 30.4 Å². The van der Waals surface area contributed by atoms with Crippen LogP contribution in [0.5, 0.6) is 0 Å². The molecule has 10 heteroatoms. The van der Waals surface area contributed by atoms with E-state index in [1.807, 2.05) is 44.2 Å². The molecule has 5 rings (SSSR count). The molecule has 1 aromatic heterocycles. The molecule has 1 saturated heterocycles. The second-order valence-corrected chi connectivity index (χ2v) is 11.1. The van der Waals surface area contributed by atoms with Crippen molar-refractivity contribution in [2.75, 3.05) is 48.8 Å². The Hall–Kier alpha value is -3.08. The summed E-state index contributed by atoms with van der Waals surface area (Å²) < 4.78 is 31.0. The molecule has 2 aromatic carbocycles. The highest BCUT2D eigenvalue weighted by atomic mass is 32.2. The van der Waals surface area contributed by atoms with Crippen molar-refractivity contribution in [2.24, 2.45) is 0 Å². The molecule has 0 spiro atoms. The predicted octanol–water partition coefficient (Wildman–Crippen LogP) is 4.64. The number of rotatable bonds is 8. The number of piperazine rings is 1. The number of hydrogen-bond acceptors (Lipinski definition) is 7. The summed E-state index contributed by atoms with van der Waals surface area (Å²) in [5.74, 6) is 0.720. The van der Waals surface area contributed by atoms with Gasteiger partial charge in [-0.2, -0.15) is 4.98 Å². The minimum absolute atomic E-state index is 0.268. The van der Waals surface area contributed by atoms with E-state index in [2.05, 4.69) is 42.2 Å². The molecule has 1 unspecified atom stereocenters. The summed E-state index contributed by atoms with van der Waals surface area (Å²) in [6, 6.07) is 11.3. The van der Waals surface area contributed by atoms with Crippen LogP contribution in [0.25, 0.3) is 0 Å². The molecule has 37 heavy (non-hydrogen) atoms. The minimum Gasteiger partial charge on any atom is -0.367 e. The van der Waals surface area contributed by atoms with Crippen LogP contribution < -0.4 is 20.3 Å². The van der Waals surface area contributed by atoms with E-state index in [9.17, 15) is 8.60 Å². The molecule has 1 atom stereocenters. The van der Waals surface area contributed by atoms with Crippen molar-refractivity contribution in [3.63, 3.8) is 0 Å². The highest BCUT2D eigenvalue weighted by molar-refractivity contribution is 7.83. The molecule has 1 saturated carbocycles. The molecule has 0 radical (unpaired) electrons. The van der Waals surface area contributed by atoms with Gasteiger partial charge in [0.25, 0.3) is 0 Å². The first-order valence-electron chi connectivity index (χ1n) is 12.7. The quantitative estimate of drug-likeness (QED) is 0.397. The van der Waals surface area contributed by atoms with E-state index in [0.29, 0.717) is 29.2 Å². The Balaban J connectivity index is 1.29. The zero-order valence-electron chi connectivity index (χ0n) is 21.6. The van der Waals surface area contributed by atoms with E-state index in [1.165, 1.54) is 12.5 Å². The normalized spacial score (nSPS) is 17.4. The Morgan fingerprint density at radius 1 is 0.973 bits per heavy atom. The van der Waals surface area contributed by atoms with E-state index in [0.717, 1.165) is 60.7 Å². The summed E-state index contributed by atoms with van der Waals surface area (Å²) in [5.41, 5.74) is 3.82. The number of hydrogen-bond donors (Lipinski definition) is 3. The maximum atomic E-state index is 14.9. The lowest BCUT2D eigenvalue weighted by Crippen LogP contribution is -2.44. The van der Waals surface area contributed by atoms with Crippen LogP contribution in [0, 0.1) is 19.7 Å². The van der Waals surface area contributed by atoms with Gasteiger partial charge in [0.1, 0.15) is 22.6 Å². The van der Waals surface area contributed by atoms with Gasteiger partial charge >= 0.3 is 0 Å². The fourth-order valence-corrected chi connectivity index (χ4v) is 5.66. The third-order valence-electron chi connectivity index (χ3n) is 7.05. The first-order valence-corrected chi connectivity index (χ1v) is 13.9. The smallest absolute Gasteiger partial charge is 0.229 e. The van der Waals surface area contributed by atoms with Crippen LogP contribution >= 0.6 is 0 Å². The highest BCUT2D eigenvalue weighted by Gasteiger charge is 2.21. The van der Waals surface area contributed by atoms with Crippen molar-refractivity contribution in [3.8, 4) is 0 Å². The molecule has 2 aliphatic rings. The van der Waals surface area contributed by atoms with E-state index in [1.54, 1.807) is 6.20 Å². The molecule has 0 amide bonds. The summed E-state index contributed by atoms with van der Waals surface area (Å²) in [6.45, 7) is 7.33. The summed E-state index contributed by atoms with van der Waals surface area (Å²) >= 11 is 0. The number of halogens is 1.